The van der Waals surface area contributed by atoms with Crippen LogP contribution in [0.1, 0.15) is 70.4 Å². The van der Waals surface area contributed by atoms with Gasteiger partial charge in [0.1, 0.15) is 5.82 Å². The number of methoxy groups -OCH3 is 1. The number of anilines is 1. The normalized spacial score (nSPS) is 15.8. The molecular formula is C33H42FN3O5. The molecule has 3 heterocycles. The summed E-state index contributed by atoms with van der Waals surface area (Å²) in [6.45, 7) is 13.8. The highest BCUT2D eigenvalue weighted by Gasteiger charge is 2.36. The average Bonchev–Trinajstić information content (AvgIpc) is 2.92. The Morgan fingerprint density at radius 1 is 1.10 bits per heavy atom. The Hall–Kier alpha value is -3.72. The van der Waals surface area contributed by atoms with Gasteiger partial charge < -0.3 is 24.2 Å². The van der Waals surface area contributed by atoms with Crippen LogP contribution < -0.4 is 14.4 Å². The van der Waals surface area contributed by atoms with Crippen LogP contribution in [-0.2, 0) is 16.0 Å². The Morgan fingerprint density at radius 3 is 2.36 bits per heavy atom. The van der Waals surface area contributed by atoms with E-state index in [0.717, 1.165) is 37.2 Å². The number of hydrogen-bond donors (Lipinski definition) is 1. The molecule has 1 aromatic carbocycles. The third kappa shape index (κ3) is 7.56. The third-order valence-corrected chi connectivity index (χ3v) is 7.57. The fraction of sp³-hybridized carbons (Fsp3) is 0.485. The molecule has 1 aliphatic rings. The first kappa shape index (κ1) is 31.2. The van der Waals surface area contributed by atoms with Gasteiger partial charge in [0.05, 0.1) is 36.9 Å². The van der Waals surface area contributed by atoms with Crippen LogP contribution in [0.2, 0.25) is 0 Å². The summed E-state index contributed by atoms with van der Waals surface area (Å²) in [6, 6.07) is 8.12. The van der Waals surface area contributed by atoms with Gasteiger partial charge in [0.2, 0.25) is 0 Å². The summed E-state index contributed by atoms with van der Waals surface area (Å²) in [4.78, 5) is 24.2. The van der Waals surface area contributed by atoms with Crippen LogP contribution in [0.15, 0.2) is 42.7 Å². The van der Waals surface area contributed by atoms with Crippen LogP contribution in [-0.4, -0.2) is 53.5 Å². The van der Waals surface area contributed by atoms with Crippen LogP contribution in [0.4, 0.5) is 10.1 Å². The van der Waals surface area contributed by atoms with E-state index in [1.54, 1.807) is 37.7 Å². The number of aromatic nitrogens is 2. The summed E-state index contributed by atoms with van der Waals surface area (Å²) < 4.78 is 31.0. The number of hydrogen-bond acceptors (Lipinski definition) is 7. The molecule has 1 saturated heterocycles. The number of carboxylic acids is 1. The molecule has 0 saturated carbocycles. The molecule has 3 aromatic rings. The molecule has 0 aliphatic carbocycles. The van der Waals surface area contributed by atoms with E-state index >= 15 is 0 Å². The minimum Gasteiger partial charge on any atom is -0.493 e. The summed E-state index contributed by atoms with van der Waals surface area (Å²) in [5.41, 5.74) is 3.66. The van der Waals surface area contributed by atoms with E-state index in [1.807, 2.05) is 27.7 Å². The van der Waals surface area contributed by atoms with Crippen LogP contribution >= 0.6 is 0 Å². The highest BCUT2D eigenvalue weighted by Crippen LogP contribution is 2.44. The Kier molecular flexibility index (Phi) is 9.40. The molecule has 0 radical (unpaired) electrons. The zero-order valence-corrected chi connectivity index (χ0v) is 25.7. The van der Waals surface area contributed by atoms with Crippen molar-refractivity contribution in [1.29, 1.82) is 0 Å². The predicted octanol–water partition coefficient (Wildman–Crippen LogP) is 6.79. The molecule has 0 amide bonds. The fourth-order valence-electron chi connectivity index (χ4n) is 5.14. The van der Waals surface area contributed by atoms with Crippen molar-refractivity contribution in [3.63, 3.8) is 0 Å². The number of pyridine rings is 2. The molecule has 1 fully saturated rings. The van der Waals surface area contributed by atoms with Gasteiger partial charge in [-0.05, 0) is 63.6 Å². The van der Waals surface area contributed by atoms with E-state index in [-0.39, 0.29) is 11.2 Å². The number of benzene rings is 1. The molecule has 0 spiro atoms. The lowest BCUT2D eigenvalue weighted by atomic mass is 9.82. The summed E-state index contributed by atoms with van der Waals surface area (Å²) in [5.74, 6) is -0.375. The van der Waals surface area contributed by atoms with Gasteiger partial charge in [-0.15, -0.1) is 0 Å². The zero-order valence-electron chi connectivity index (χ0n) is 25.7. The summed E-state index contributed by atoms with van der Waals surface area (Å²) in [6.07, 6.45) is 4.67. The van der Waals surface area contributed by atoms with E-state index in [0.29, 0.717) is 47.0 Å². The molecule has 226 valence electrons. The van der Waals surface area contributed by atoms with Crippen molar-refractivity contribution in [2.24, 2.45) is 5.41 Å². The van der Waals surface area contributed by atoms with Crippen molar-refractivity contribution in [1.82, 2.24) is 9.97 Å². The number of carbonyl (C=O) groups is 1. The summed E-state index contributed by atoms with van der Waals surface area (Å²) in [7, 11) is 1.57. The van der Waals surface area contributed by atoms with Crippen LogP contribution in [0, 0.1) is 18.2 Å². The van der Waals surface area contributed by atoms with E-state index < -0.39 is 17.7 Å². The molecule has 2 aromatic heterocycles. The number of aryl methyl sites for hydroxylation is 1. The molecule has 9 heteroatoms. The number of ether oxygens (including phenoxy) is 3. The maximum absolute atomic E-state index is 13.2. The fourth-order valence-corrected chi connectivity index (χ4v) is 5.14. The predicted molar refractivity (Wildman–Crippen MR) is 161 cm³/mol. The average molecular weight is 580 g/mol. The first-order valence-corrected chi connectivity index (χ1v) is 14.3. The van der Waals surface area contributed by atoms with Gasteiger partial charge in [-0.2, -0.15) is 0 Å². The largest absolute Gasteiger partial charge is 0.493 e. The summed E-state index contributed by atoms with van der Waals surface area (Å²) >= 11 is 0. The van der Waals surface area contributed by atoms with Crippen LogP contribution in [0.5, 0.6) is 11.5 Å². The highest BCUT2D eigenvalue weighted by atomic mass is 19.1. The quantitative estimate of drug-likeness (QED) is 0.281. The molecule has 1 aliphatic heterocycles. The van der Waals surface area contributed by atoms with Gasteiger partial charge in [0.15, 0.2) is 17.6 Å². The Balaban J connectivity index is 1.74. The number of aliphatic carboxylic acids is 1. The van der Waals surface area contributed by atoms with Crippen molar-refractivity contribution >= 4 is 11.7 Å². The van der Waals surface area contributed by atoms with Crippen LogP contribution in [0.25, 0.3) is 11.3 Å². The first-order valence-electron chi connectivity index (χ1n) is 14.3. The van der Waals surface area contributed by atoms with Crippen LogP contribution in [0.3, 0.4) is 0 Å². The van der Waals surface area contributed by atoms with E-state index in [4.69, 9.17) is 19.2 Å². The van der Waals surface area contributed by atoms with E-state index in [2.05, 4.69) is 23.7 Å². The molecule has 1 N–H and O–H groups in total. The number of rotatable bonds is 10. The number of nitrogens with zero attached hydrogens (tertiary/aromatic N) is 3. The monoisotopic (exact) mass is 579 g/mol. The minimum atomic E-state index is -1.21. The number of carboxylic acid groups (broad SMARTS) is 1. The van der Waals surface area contributed by atoms with E-state index in [9.17, 15) is 14.3 Å². The minimum absolute atomic E-state index is 0.196. The lowest BCUT2D eigenvalue weighted by Gasteiger charge is -2.40. The van der Waals surface area contributed by atoms with Crippen molar-refractivity contribution in [3.8, 4) is 22.8 Å². The van der Waals surface area contributed by atoms with Gasteiger partial charge in [-0.25, -0.2) is 9.18 Å². The molecule has 1 unspecified atom stereocenters. The van der Waals surface area contributed by atoms with Crippen molar-refractivity contribution in [3.05, 3.63) is 65.4 Å². The van der Waals surface area contributed by atoms with Gasteiger partial charge in [-0.1, -0.05) is 26.0 Å². The standard InChI is InChI=1S/C33H42FN3O5/c1-21-28(30(31(38)39)42-32(2,3)4)29(37-15-13-33(5,6)14-16-37)24(19-35-21)25-18-26(40-7)27(20-36-25)41-17-12-22-8-10-23(34)11-9-22/h8-11,18-20,30H,12-17H2,1-7H3,(H,38,39). The zero-order chi connectivity index (χ0) is 30.7. The van der Waals surface area contributed by atoms with Gasteiger partial charge in [0.25, 0.3) is 0 Å². The lowest BCUT2D eigenvalue weighted by molar-refractivity contribution is -0.160. The van der Waals surface area contributed by atoms with Gasteiger partial charge >= 0.3 is 5.97 Å². The molecular weight excluding hydrogens is 537 g/mol. The topological polar surface area (TPSA) is 94.0 Å². The molecule has 1 atom stereocenters. The maximum atomic E-state index is 13.2. The maximum Gasteiger partial charge on any atom is 0.337 e. The Morgan fingerprint density at radius 2 is 1.76 bits per heavy atom. The second-order valence-electron chi connectivity index (χ2n) is 12.6. The van der Waals surface area contributed by atoms with Crippen molar-refractivity contribution in [2.75, 3.05) is 31.7 Å². The second kappa shape index (κ2) is 12.7. The van der Waals surface area contributed by atoms with Gasteiger partial charge in [-0.3, -0.25) is 9.97 Å². The molecule has 4 rings (SSSR count). The van der Waals surface area contributed by atoms with Gasteiger partial charge in [0, 0.05) is 48.6 Å². The SMILES string of the molecule is COc1cc(-c2cnc(C)c(C(OC(C)(C)C)C(=O)O)c2N2CCC(C)(C)CC2)ncc1OCCc1ccc(F)cc1. The first-order chi connectivity index (χ1) is 19.8. The molecule has 42 heavy (non-hydrogen) atoms. The number of piperidine rings is 1. The van der Waals surface area contributed by atoms with Crippen molar-refractivity contribution in [2.45, 2.75) is 72.5 Å². The van der Waals surface area contributed by atoms with E-state index in [1.165, 1.54) is 12.1 Å². The highest BCUT2D eigenvalue weighted by molar-refractivity contribution is 5.85. The second-order valence-corrected chi connectivity index (χ2v) is 12.6. The molecule has 8 nitrogen and oxygen atoms in total. The number of halogens is 1. The van der Waals surface area contributed by atoms with Crippen molar-refractivity contribution < 1.29 is 28.5 Å². The third-order valence-electron chi connectivity index (χ3n) is 7.57. The lowest BCUT2D eigenvalue weighted by Crippen LogP contribution is -2.39. The Labute approximate surface area is 247 Å². The Bertz CT molecular complexity index is 1390. The smallest absolute Gasteiger partial charge is 0.337 e. The summed E-state index contributed by atoms with van der Waals surface area (Å²) in [5, 5.41) is 10.3. The molecule has 0 bridgehead atoms.